The van der Waals surface area contributed by atoms with Crippen LogP contribution in [0.5, 0.6) is 5.75 Å². The molecular weight excluding hydrogens is 490 g/mol. The second-order valence-corrected chi connectivity index (χ2v) is 11.8. The number of benzene rings is 2. The molecule has 0 radical (unpaired) electrons. The highest BCUT2D eigenvalue weighted by Crippen LogP contribution is 2.44. The SMILES string of the molecule is CCN(CC)S(=O)(=O)c1cc(-c2ccc3c(c2)N(C(OC)C2CCC2)C[C@H](C)N3C(C)=O)ccc1OC. The Kier molecular flexibility index (Phi) is 8.16. The molecule has 8 nitrogen and oxygen atoms in total. The normalized spacial score (nSPS) is 18.9. The molecule has 0 bridgehead atoms. The van der Waals surface area contributed by atoms with Crippen LogP contribution in [0.1, 0.15) is 47.0 Å². The molecule has 1 fully saturated rings. The van der Waals surface area contributed by atoms with E-state index >= 15 is 0 Å². The molecule has 2 aromatic carbocycles. The highest BCUT2D eigenvalue weighted by Gasteiger charge is 2.39. The van der Waals surface area contributed by atoms with Crippen LogP contribution in [0.4, 0.5) is 11.4 Å². The van der Waals surface area contributed by atoms with E-state index in [4.69, 9.17) is 9.47 Å². The van der Waals surface area contributed by atoms with Crippen LogP contribution >= 0.6 is 0 Å². The fourth-order valence-electron chi connectivity index (χ4n) is 5.62. The molecule has 2 aromatic rings. The number of rotatable bonds is 9. The number of ether oxygens (including phenoxy) is 2. The maximum absolute atomic E-state index is 13.4. The van der Waals surface area contributed by atoms with Crippen LogP contribution in [-0.4, -0.2) is 64.8 Å². The van der Waals surface area contributed by atoms with E-state index in [1.807, 2.05) is 36.9 Å². The zero-order valence-corrected chi connectivity index (χ0v) is 23.5. The number of anilines is 2. The van der Waals surface area contributed by atoms with E-state index in [-0.39, 0.29) is 23.1 Å². The summed E-state index contributed by atoms with van der Waals surface area (Å²) in [6, 6.07) is 11.2. The molecule has 1 saturated carbocycles. The molecule has 1 aliphatic heterocycles. The Morgan fingerprint density at radius 2 is 1.70 bits per heavy atom. The third-order valence-electron chi connectivity index (χ3n) is 7.71. The van der Waals surface area contributed by atoms with Gasteiger partial charge in [0.05, 0.1) is 24.5 Å². The number of carbonyl (C=O) groups excluding carboxylic acids is 1. The zero-order chi connectivity index (χ0) is 26.9. The Morgan fingerprint density at radius 1 is 1.05 bits per heavy atom. The number of sulfonamides is 1. The average Bonchev–Trinajstić information content (AvgIpc) is 2.85. The molecule has 1 heterocycles. The van der Waals surface area contributed by atoms with Gasteiger partial charge in [0, 0.05) is 39.6 Å². The van der Waals surface area contributed by atoms with Crippen LogP contribution in [0.15, 0.2) is 41.3 Å². The predicted octanol–water partition coefficient (Wildman–Crippen LogP) is 4.73. The fraction of sp³-hybridized carbons (Fsp3) is 0.536. The molecule has 1 unspecified atom stereocenters. The number of fused-ring (bicyclic) bond motifs is 1. The standard InChI is InChI=1S/C28H39N3O5S/c1-7-29(8-2)37(33,34)27-17-23(13-15-26(27)35-5)22-12-14-24-25(16-22)30(18-19(3)31(24)20(4)32)28(36-6)21-10-9-11-21/h12-17,19,21,28H,7-11,18H2,1-6H3/t19-,28?/m0/s1. The van der Waals surface area contributed by atoms with Crippen molar-refractivity contribution in [1.82, 2.24) is 4.31 Å². The van der Waals surface area contributed by atoms with E-state index in [1.54, 1.807) is 26.2 Å². The maximum Gasteiger partial charge on any atom is 0.246 e. The van der Waals surface area contributed by atoms with Crippen LogP contribution in [0, 0.1) is 5.92 Å². The lowest BCUT2D eigenvalue weighted by molar-refractivity contribution is -0.117. The molecule has 0 spiro atoms. The molecule has 2 aliphatic rings. The lowest BCUT2D eigenvalue weighted by Crippen LogP contribution is -2.55. The van der Waals surface area contributed by atoms with E-state index < -0.39 is 10.0 Å². The van der Waals surface area contributed by atoms with Gasteiger partial charge in [-0.1, -0.05) is 32.4 Å². The predicted molar refractivity (Wildman–Crippen MR) is 147 cm³/mol. The van der Waals surface area contributed by atoms with E-state index in [2.05, 4.69) is 17.9 Å². The summed E-state index contributed by atoms with van der Waals surface area (Å²) in [7, 11) is -0.495. The van der Waals surface area contributed by atoms with Crippen LogP contribution in [-0.2, 0) is 19.6 Å². The first kappa shape index (κ1) is 27.4. The summed E-state index contributed by atoms with van der Waals surface area (Å²) in [5.41, 5.74) is 3.40. The van der Waals surface area contributed by atoms with Gasteiger partial charge >= 0.3 is 0 Å². The molecule has 0 N–H and O–H groups in total. The van der Waals surface area contributed by atoms with Gasteiger partial charge in [0.15, 0.2) is 0 Å². The monoisotopic (exact) mass is 529 g/mol. The van der Waals surface area contributed by atoms with Gasteiger partial charge in [-0.05, 0) is 55.2 Å². The molecule has 0 saturated heterocycles. The summed E-state index contributed by atoms with van der Waals surface area (Å²) >= 11 is 0. The van der Waals surface area contributed by atoms with Crippen LogP contribution in [0.3, 0.4) is 0 Å². The first-order valence-corrected chi connectivity index (χ1v) is 14.5. The summed E-state index contributed by atoms with van der Waals surface area (Å²) in [5, 5.41) is 0. The second kappa shape index (κ2) is 11.0. The maximum atomic E-state index is 13.4. The quantitative estimate of drug-likeness (QED) is 0.468. The van der Waals surface area contributed by atoms with Crippen LogP contribution in [0.25, 0.3) is 11.1 Å². The third-order valence-corrected chi connectivity index (χ3v) is 9.78. The van der Waals surface area contributed by atoms with Crippen molar-refractivity contribution in [3.8, 4) is 16.9 Å². The van der Waals surface area contributed by atoms with Gasteiger partial charge in [-0.15, -0.1) is 0 Å². The summed E-state index contributed by atoms with van der Waals surface area (Å²) < 4.78 is 39.7. The molecule has 2 atom stereocenters. The van der Waals surface area contributed by atoms with E-state index in [9.17, 15) is 13.2 Å². The largest absolute Gasteiger partial charge is 0.495 e. The minimum absolute atomic E-state index is 0.000351. The van der Waals surface area contributed by atoms with Crippen molar-refractivity contribution in [1.29, 1.82) is 0 Å². The van der Waals surface area contributed by atoms with Crippen LogP contribution in [0.2, 0.25) is 0 Å². The summed E-state index contributed by atoms with van der Waals surface area (Å²) in [6.45, 7) is 8.72. The molecule has 1 aliphatic carbocycles. The van der Waals surface area contributed by atoms with E-state index in [0.717, 1.165) is 35.3 Å². The lowest BCUT2D eigenvalue weighted by Gasteiger charge is -2.48. The number of hydrogen-bond acceptors (Lipinski definition) is 6. The Morgan fingerprint density at radius 3 is 2.24 bits per heavy atom. The van der Waals surface area contributed by atoms with Crippen LogP contribution < -0.4 is 14.5 Å². The summed E-state index contributed by atoms with van der Waals surface area (Å²) in [4.78, 5) is 16.9. The fourth-order valence-corrected chi connectivity index (χ4v) is 7.26. The molecule has 9 heteroatoms. The first-order chi connectivity index (χ1) is 17.7. The number of nitrogens with zero attached hydrogens (tertiary/aromatic N) is 3. The smallest absolute Gasteiger partial charge is 0.246 e. The van der Waals surface area contributed by atoms with Crippen molar-refractivity contribution in [3.05, 3.63) is 36.4 Å². The van der Waals surface area contributed by atoms with Crippen molar-refractivity contribution >= 4 is 27.3 Å². The Balaban J connectivity index is 1.84. The van der Waals surface area contributed by atoms with Gasteiger partial charge in [-0.3, -0.25) is 4.79 Å². The van der Waals surface area contributed by atoms with Gasteiger partial charge in [0.25, 0.3) is 0 Å². The molecule has 37 heavy (non-hydrogen) atoms. The van der Waals surface area contributed by atoms with Crippen molar-refractivity contribution in [2.24, 2.45) is 5.92 Å². The number of methoxy groups -OCH3 is 2. The summed E-state index contributed by atoms with van der Waals surface area (Å²) in [5.74, 6) is 0.761. The number of hydrogen-bond donors (Lipinski definition) is 0. The highest BCUT2D eigenvalue weighted by atomic mass is 32.2. The molecule has 202 valence electrons. The van der Waals surface area contributed by atoms with Crippen molar-refractivity contribution < 1.29 is 22.7 Å². The van der Waals surface area contributed by atoms with Gasteiger partial charge in [0.2, 0.25) is 15.9 Å². The molecule has 1 amide bonds. The van der Waals surface area contributed by atoms with E-state index in [1.165, 1.54) is 17.8 Å². The minimum Gasteiger partial charge on any atom is -0.495 e. The van der Waals surface area contributed by atoms with Gasteiger partial charge < -0.3 is 19.3 Å². The number of amides is 1. The molecule has 0 aromatic heterocycles. The average molecular weight is 530 g/mol. The number of carbonyl (C=O) groups is 1. The lowest BCUT2D eigenvalue weighted by atomic mass is 9.83. The molecule has 4 rings (SSSR count). The van der Waals surface area contributed by atoms with Gasteiger partial charge in [-0.25, -0.2) is 8.42 Å². The van der Waals surface area contributed by atoms with Crippen molar-refractivity contribution in [2.75, 3.05) is 43.7 Å². The third kappa shape index (κ3) is 4.96. The Hall–Kier alpha value is -2.62. The minimum atomic E-state index is -3.73. The second-order valence-electron chi connectivity index (χ2n) is 9.87. The Bertz CT molecular complexity index is 1240. The summed E-state index contributed by atoms with van der Waals surface area (Å²) in [6.07, 6.45) is 3.38. The van der Waals surface area contributed by atoms with Crippen molar-refractivity contribution in [2.45, 2.75) is 64.1 Å². The van der Waals surface area contributed by atoms with E-state index in [0.29, 0.717) is 31.3 Å². The topological polar surface area (TPSA) is 79.4 Å². The first-order valence-electron chi connectivity index (χ1n) is 13.1. The highest BCUT2D eigenvalue weighted by molar-refractivity contribution is 7.89. The van der Waals surface area contributed by atoms with Gasteiger partial charge in [-0.2, -0.15) is 4.31 Å². The Labute approximate surface area is 221 Å². The zero-order valence-electron chi connectivity index (χ0n) is 22.7. The molecular formula is C28H39N3O5S. The van der Waals surface area contributed by atoms with Gasteiger partial charge in [0.1, 0.15) is 16.9 Å². The van der Waals surface area contributed by atoms with Crippen molar-refractivity contribution in [3.63, 3.8) is 0 Å².